The Kier molecular flexibility index (Phi) is 1.56. The molecule has 0 N–H and O–H groups in total. The molecule has 1 fully saturated rings. The van der Waals surface area contributed by atoms with Crippen molar-refractivity contribution in [3.63, 3.8) is 0 Å². The van der Waals surface area contributed by atoms with Gasteiger partial charge in [-0.05, 0) is 12.8 Å². The molecule has 0 aromatic rings. The highest BCUT2D eigenvalue weighted by molar-refractivity contribution is 5.85. The first kappa shape index (κ1) is 5.67. The van der Waals surface area contributed by atoms with E-state index in [2.05, 4.69) is 6.92 Å². The Balaban J connectivity index is 2.35. The highest BCUT2D eigenvalue weighted by atomic mass is 16.1. The molecule has 0 aliphatic heterocycles. The van der Waals surface area contributed by atoms with Crippen LogP contribution in [0.5, 0.6) is 0 Å². The van der Waals surface area contributed by atoms with Crippen LogP contribution >= 0.6 is 0 Å². The van der Waals surface area contributed by atoms with Crippen LogP contribution in [0.2, 0.25) is 0 Å². The van der Waals surface area contributed by atoms with Crippen LogP contribution in [0.3, 0.4) is 0 Å². The second kappa shape index (κ2) is 2.21. The third-order valence-corrected chi connectivity index (χ3v) is 1.81. The van der Waals surface area contributed by atoms with Gasteiger partial charge in [0.25, 0.3) is 0 Å². The van der Waals surface area contributed by atoms with E-state index in [0.717, 1.165) is 12.8 Å². The fraction of sp³-hybridized carbons (Fsp3) is 0.714. The molecule has 0 saturated heterocycles. The number of hydrogen-bond donors (Lipinski definition) is 0. The van der Waals surface area contributed by atoms with Crippen LogP contribution in [0.15, 0.2) is 0 Å². The Labute approximate surface area is 50.1 Å². The summed E-state index contributed by atoms with van der Waals surface area (Å²) in [7, 11) is 0. The van der Waals surface area contributed by atoms with Gasteiger partial charge >= 0.3 is 5.78 Å². The molecule has 1 aliphatic carbocycles. The van der Waals surface area contributed by atoms with E-state index < -0.39 is 0 Å². The van der Waals surface area contributed by atoms with Crippen LogP contribution in [0, 0.1) is 12.8 Å². The molecule has 0 amide bonds. The Bertz CT molecular complexity index is 90.6. The Hall–Kier alpha value is -0.460. The van der Waals surface area contributed by atoms with Crippen LogP contribution in [0.25, 0.3) is 0 Å². The summed E-state index contributed by atoms with van der Waals surface area (Å²) in [6.45, 7) is 3.38. The van der Waals surface area contributed by atoms with E-state index in [1.807, 2.05) is 0 Å². The largest absolute Gasteiger partial charge is 0.306 e. The van der Waals surface area contributed by atoms with Gasteiger partial charge in [0.05, 0.1) is 5.92 Å². The summed E-state index contributed by atoms with van der Waals surface area (Å²) in [5, 5.41) is 0. The van der Waals surface area contributed by atoms with Gasteiger partial charge in [-0.15, -0.1) is 0 Å². The minimum atomic E-state index is 0.141. The van der Waals surface area contributed by atoms with E-state index in [1.165, 1.54) is 12.8 Å². The molecular weight excluding hydrogens is 100 g/mol. The van der Waals surface area contributed by atoms with Crippen molar-refractivity contribution in [3.05, 3.63) is 6.92 Å². The number of rotatable bonds is 1. The quantitative estimate of drug-likeness (QED) is 0.469. The maximum absolute atomic E-state index is 10.5. The number of Topliss-reactive ketones (excluding diaryl/α,β-unsaturated/α-hetero) is 1. The topological polar surface area (TPSA) is 17.1 Å². The van der Waals surface area contributed by atoms with E-state index in [1.54, 1.807) is 0 Å². The first-order valence-corrected chi connectivity index (χ1v) is 3.16. The smallest absolute Gasteiger partial charge is 0.244 e. The predicted molar refractivity (Wildman–Crippen MR) is 32.3 cm³/mol. The summed E-state index contributed by atoms with van der Waals surface area (Å²) in [5.74, 6) is 0.456. The molecular formula is C7H11O+. The predicted octanol–water partition coefficient (Wildman–Crippen LogP) is 1.58. The lowest BCUT2D eigenvalue weighted by Crippen LogP contribution is -2.04. The molecule has 0 aromatic heterocycles. The summed E-state index contributed by atoms with van der Waals surface area (Å²) in [4.78, 5) is 10.5. The van der Waals surface area contributed by atoms with E-state index in [-0.39, 0.29) is 5.78 Å². The van der Waals surface area contributed by atoms with Crippen LogP contribution in [-0.2, 0) is 4.79 Å². The zero-order chi connectivity index (χ0) is 5.98. The third-order valence-electron chi connectivity index (χ3n) is 1.81. The molecule has 1 saturated carbocycles. The molecule has 0 atom stereocenters. The molecule has 1 nitrogen and oxygen atoms in total. The maximum Gasteiger partial charge on any atom is 0.306 e. The Morgan fingerprint density at radius 1 is 1.38 bits per heavy atom. The standard InChI is InChI=1S/C7H11O/c1-6(8)7-4-2-3-5-7/h7H,1-5H2/q+1. The maximum atomic E-state index is 10.5. The molecule has 1 heteroatoms. The number of ketones is 1. The normalized spacial score (nSPS) is 21.5. The lowest BCUT2D eigenvalue weighted by Gasteiger charge is -1.93. The molecule has 0 unspecified atom stereocenters. The summed E-state index contributed by atoms with van der Waals surface area (Å²) >= 11 is 0. The Morgan fingerprint density at radius 3 is 2.12 bits per heavy atom. The van der Waals surface area contributed by atoms with Crippen molar-refractivity contribution in [2.75, 3.05) is 0 Å². The summed E-state index contributed by atoms with van der Waals surface area (Å²) in [5.41, 5.74) is 0. The molecule has 0 radical (unpaired) electrons. The van der Waals surface area contributed by atoms with Gasteiger partial charge in [-0.1, -0.05) is 12.8 Å². The van der Waals surface area contributed by atoms with Crippen LogP contribution in [0.1, 0.15) is 25.7 Å². The molecule has 0 spiro atoms. The van der Waals surface area contributed by atoms with Crippen molar-refractivity contribution >= 4 is 5.78 Å². The second-order valence-corrected chi connectivity index (χ2v) is 2.45. The van der Waals surface area contributed by atoms with Gasteiger partial charge < -0.3 is 0 Å². The lowest BCUT2D eigenvalue weighted by molar-refractivity contribution is -0.118. The van der Waals surface area contributed by atoms with Gasteiger partial charge in [0.15, 0.2) is 0 Å². The van der Waals surface area contributed by atoms with E-state index >= 15 is 0 Å². The first-order valence-electron chi connectivity index (χ1n) is 3.16. The van der Waals surface area contributed by atoms with E-state index in [4.69, 9.17) is 0 Å². The van der Waals surface area contributed by atoms with Gasteiger partial charge in [-0.2, -0.15) is 0 Å². The van der Waals surface area contributed by atoms with Crippen molar-refractivity contribution in [1.82, 2.24) is 0 Å². The SMILES string of the molecule is [CH2+]C(=O)C1CCCC1. The first-order chi connectivity index (χ1) is 3.80. The number of hydrogen-bond acceptors (Lipinski definition) is 1. The van der Waals surface area contributed by atoms with Gasteiger partial charge in [-0.3, -0.25) is 0 Å². The fourth-order valence-corrected chi connectivity index (χ4v) is 1.25. The summed E-state index contributed by atoms with van der Waals surface area (Å²) in [6, 6.07) is 0. The lowest BCUT2D eigenvalue weighted by atomic mass is 10.0. The number of carbonyl (C=O) groups excluding carboxylic acids is 1. The average Bonchev–Trinajstić information content (AvgIpc) is 2.12. The Morgan fingerprint density at radius 2 is 1.88 bits per heavy atom. The zero-order valence-electron chi connectivity index (χ0n) is 5.02. The average molecular weight is 111 g/mol. The zero-order valence-corrected chi connectivity index (χ0v) is 5.02. The van der Waals surface area contributed by atoms with Crippen LogP contribution < -0.4 is 0 Å². The van der Waals surface area contributed by atoms with Crippen molar-refractivity contribution in [3.8, 4) is 0 Å². The summed E-state index contributed by atoms with van der Waals surface area (Å²) in [6.07, 6.45) is 4.63. The second-order valence-electron chi connectivity index (χ2n) is 2.45. The molecule has 8 heavy (non-hydrogen) atoms. The minimum absolute atomic E-state index is 0.141. The van der Waals surface area contributed by atoms with Crippen molar-refractivity contribution in [2.45, 2.75) is 25.7 Å². The van der Waals surface area contributed by atoms with Crippen molar-refractivity contribution in [1.29, 1.82) is 0 Å². The van der Waals surface area contributed by atoms with Crippen molar-refractivity contribution < 1.29 is 4.79 Å². The van der Waals surface area contributed by atoms with Gasteiger partial charge in [0, 0.05) is 0 Å². The molecule has 0 aromatic carbocycles. The fourth-order valence-electron chi connectivity index (χ4n) is 1.25. The van der Waals surface area contributed by atoms with Gasteiger partial charge in [0.1, 0.15) is 6.92 Å². The highest BCUT2D eigenvalue weighted by Gasteiger charge is 2.23. The molecule has 0 bridgehead atoms. The van der Waals surface area contributed by atoms with E-state index in [9.17, 15) is 4.79 Å². The van der Waals surface area contributed by atoms with Crippen LogP contribution in [0.4, 0.5) is 0 Å². The van der Waals surface area contributed by atoms with Gasteiger partial charge in [0.2, 0.25) is 0 Å². The highest BCUT2D eigenvalue weighted by Crippen LogP contribution is 2.24. The van der Waals surface area contributed by atoms with Crippen molar-refractivity contribution in [2.24, 2.45) is 5.92 Å². The van der Waals surface area contributed by atoms with Gasteiger partial charge in [-0.25, -0.2) is 4.79 Å². The monoisotopic (exact) mass is 111 g/mol. The summed E-state index contributed by atoms with van der Waals surface area (Å²) < 4.78 is 0. The van der Waals surface area contributed by atoms with E-state index in [0.29, 0.717) is 5.92 Å². The molecule has 0 heterocycles. The molecule has 1 aliphatic rings. The molecule has 44 valence electrons. The number of carbonyl (C=O) groups is 1. The third kappa shape index (κ3) is 1.03. The minimum Gasteiger partial charge on any atom is -0.244 e. The molecule has 1 rings (SSSR count). The van der Waals surface area contributed by atoms with Crippen LogP contribution in [-0.4, -0.2) is 5.78 Å².